The molecule has 1 fully saturated rings. The maximum absolute atomic E-state index is 12.8. The molecular formula is C23H22N4O. The van der Waals surface area contributed by atoms with Crippen LogP contribution in [-0.2, 0) is 0 Å². The van der Waals surface area contributed by atoms with Crippen LogP contribution in [0.2, 0.25) is 0 Å². The van der Waals surface area contributed by atoms with Gasteiger partial charge in [-0.2, -0.15) is 5.26 Å². The van der Waals surface area contributed by atoms with Crippen molar-refractivity contribution in [3.63, 3.8) is 0 Å². The Morgan fingerprint density at radius 1 is 1.00 bits per heavy atom. The number of aromatic nitrogens is 1. The molecule has 3 aromatic rings. The summed E-state index contributed by atoms with van der Waals surface area (Å²) in [6, 6.07) is 20.1. The minimum absolute atomic E-state index is 0.0718. The van der Waals surface area contributed by atoms with Crippen molar-refractivity contribution in [2.75, 3.05) is 32.7 Å². The molecule has 1 aromatic heterocycles. The molecule has 0 aliphatic carbocycles. The molecule has 0 saturated carbocycles. The maximum atomic E-state index is 12.8. The van der Waals surface area contributed by atoms with Crippen molar-refractivity contribution in [1.29, 1.82) is 5.26 Å². The molecule has 2 heterocycles. The molecule has 1 amide bonds. The molecule has 2 aromatic carbocycles. The summed E-state index contributed by atoms with van der Waals surface area (Å²) in [4.78, 5) is 21.5. The molecule has 1 aliphatic rings. The fourth-order valence-electron chi connectivity index (χ4n) is 3.69. The normalized spacial score (nSPS) is 14.8. The van der Waals surface area contributed by atoms with Crippen LogP contribution in [0.5, 0.6) is 0 Å². The zero-order valence-corrected chi connectivity index (χ0v) is 15.7. The third-order valence-electron chi connectivity index (χ3n) is 5.27. The Morgan fingerprint density at radius 3 is 2.50 bits per heavy atom. The number of carbonyl (C=O) groups excluding carboxylic acids is 1. The molecular weight excluding hydrogens is 348 g/mol. The molecule has 0 spiro atoms. The second-order valence-electron chi connectivity index (χ2n) is 7.00. The summed E-state index contributed by atoms with van der Waals surface area (Å²) < 4.78 is 0. The number of pyridine rings is 1. The van der Waals surface area contributed by atoms with Crippen molar-refractivity contribution in [2.45, 2.75) is 6.42 Å². The number of nitriles is 1. The lowest BCUT2D eigenvalue weighted by Gasteiger charge is -2.34. The molecule has 140 valence electrons. The Bertz CT molecular complexity index is 1010. The number of nitrogens with zero attached hydrogens (tertiary/aromatic N) is 4. The lowest BCUT2D eigenvalue weighted by molar-refractivity contribution is 0.0640. The first kappa shape index (κ1) is 18.1. The average Bonchev–Trinajstić information content (AvgIpc) is 2.77. The second kappa shape index (κ2) is 8.20. The van der Waals surface area contributed by atoms with Gasteiger partial charge in [-0.1, -0.05) is 36.4 Å². The predicted molar refractivity (Wildman–Crippen MR) is 110 cm³/mol. The van der Waals surface area contributed by atoms with E-state index in [0.717, 1.165) is 41.7 Å². The van der Waals surface area contributed by atoms with E-state index in [4.69, 9.17) is 5.26 Å². The molecule has 0 radical (unpaired) electrons. The van der Waals surface area contributed by atoms with E-state index in [2.05, 4.69) is 34.2 Å². The van der Waals surface area contributed by atoms with Crippen molar-refractivity contribution >= 4 is 16.8 Å². The van der Waals surface area contributed by atoms with E-state index in [-0.39, 0.29) is 5.91 Å². The van der Waals surface area contributed by atoms with E-state index in [1.807, 2.05) is 41.3 Å². The maximum Gasteiger partial charge on any atom is 0.253 e. The number of amides is 1. The van der Waals surface area contributed by atoms with Crippen molar-refractivity contribution in [3.8, 4) is 17.2 Å². The second-order valence-corrected chi connectivity index (χ2v) is 7.00. The SMILES string of the molecule is N#CCCN1CCN(C(=O)c2ccc(-c3cccc4cccnc34)cc2)CC1. The number of rotatable bonds is 4. The van der Waals surface area contributed by atoms with Crippen LogP contribution >= 0.6 is 0 Å². The molecule has 5 heteroatoms. The van der Waals surface area contributed by atoms with Crippen molar-refractivity contribution in [1.82, 2.24) is 14.8 Å². The summed E-state index contributed by atoms with van der Waals surface area (Å²) in [5.41, 5.74) is 3.81. The molecule has 28 heavy (non-hydrogen) atoms. The standard InChI is InChI=1S/C23H22N4O/c24-11-3-13-26-14-16-27(17-15-26)23(28)20-9-7-18(8-10-20)21-6-1-4-19-5-2-12-25-22(19)21/h1-2,4-10,12H,3,13-17H2. The van der Waals surface area contributed by atoms with E-state index in [1.165, 1.54) is 0 Å². The van der Waals surface area contributed by atoms with E-state index in [1.54, 1.807) is 6.20 Å². The molecule has 0 atom stereocenters. The Kier molecular flexibility index (Phi) is 5.31. The quantitative estimate of drug-likeness (QED) is 0.704. The lowest BCUT2D eigenvalue weighted by atomic mass is 10.0. The number of carbonyl (C=O) groups is 1. The van der Waals surface area contributed by atoms with Crippen LogP contribution in [0.1, 0.15) is 16.8 Å². The summed E-state index contributed by atoms with van der Waals surface area (Å²) in [6.45, 7) is 3.85. The zero-order chi connectivity index (χ0) is 19.3. The van der Waals surface area contributed by atoms with Crippen molar-refractivity contribution in [2.24, 2.45) is 0 Å². The first-order valence-corrected chi connectivity index (χ1v) is 9.59. The molecule has 0 N–H and O–H groups in total. The van der Waals surface area contributed by atoms with Gasteiger partial charge in [0.25, 0.3) is 5.91 Å². The van der Waals surface area contributed by atoms with Gasteiger partial charge in [-0.15, -0.1) is 0 Å². The summed E-state index contributed by atoms with van der Waals surface area (Å²) >= 11 is 0. The van der Waals surface area contributed by atoms with Crippen LogP contribution in [0.4, 0.5) is 0 Å². The third kappa shape index (κ3) is 3.73. The Hall–Kier alpha value is -3.23. The fraction of sp³-hybridized carbons (Fsp3) is 0.261. The minimum Gasteiger partial charge on any atom is -0.336 e. The van der Waals surface area contributed by atoms with Gasteiger partial charge in [-0.25, -0.2) is 0 Å². The van der Waals surface area contributed by atoms with E-state index in [9.17, 15) is 4.79 Å². The van der Waals surface area contributed by atoms with Gasteiger partial charge >= 0.3 is 0 Å². The number of hydrogen-bond acceptors (Lipinski definition) is 4. The average molecular weight is 370 g/mol. The predicted octanol–water partition coefficient (Wildman–Crippen LogP) is 3.57. The first-order valence-electron chi connectivity index (χ1n) is 9.59. The van der Waals surface area contributed by atoms with E-state index in [0.29, 0.717) is 25.1 Å². The molecule has 0 bridgehead atoms. The number of benzene rings is 2. The number of piperazine rings is 1. The number of para-hydroxylation sites is 1. The summed E-state index contributed by atoms with van der Waals surface area (Å²) in [5, 5.41) is 9.81. The highest BCUT2D eigenvalue weighted by molar-refractivity contribution is 5.96. The highest BCUT2D eigenvalue weighted by Crippen LogP contribution is 2.27. The van der Waals surface area contributed by atoms with Crippen LogP contribution in [0.3, 0.4) is 0 Å². The van der Waals surface area contributed by atoms with Crippen LogP contribution in [0.15, 0.2) is 60.8 Å². The minimum atomic E-state index is 0.0718. The molecule has 4 rings (SSSR count). The van der Waals surface area contributed by atoms with Crippen LogP contribution in [0, 0.1) is 11.3 Å². The summed E-state index contributed by atoms with van der Waals surface area (Å²) in [5.74, 6) is 0.0718. The van der Waals surface area contributed by atoms with Crippen molar-refractivity contribution in [3.05, 3.63) is 66.4 Å². The van der Waals surface area contributed by atoms with Gasteiger partial charge in [0, 0.05) is 61.9 Å². The summed E-state index contributed by atoms with van der Waals surface area (Å²) in [7, 11) is 0. The van der Waals surface area contributed by atoms with Crippen LogP contribution < -0.4 is 0 Å². The Labute approximate surface area is 164 Å². The van der Waals surface area contributed by atoms with E-state index >= 15 is 0 Å². The third-order valence-corrected chi connectivity index (χ3v) is 5.27. The molecule has 5 nitrogen and oxygen atoms in total. The summed E-state index contributed by atoms with van der Waals surface area (Å²) in [6.07, 6.45) is 2.35. The van der Waals surface area contributed by atoms with Gasteiger partial charge in [0.1, 0.15) is 0 Å². The van der Waals surface area contributed by atoms with Gasteiger partial charge in [0.05, 0.1) is 11.6 Å². The lowest BCUT2D eigenvalue weighted by Crippen LogP contribution is -2.48. The van der Waals surface area contributed by atoms with Gasteiger partial charge < -0.3 is 4.90 Å². The van der Waals surface area contributed by atoms with Gasteiger partial charge in [0.15, 0.2) is 0 Å². The largest absolute Gasteiger partial charge is 0.336 e. The van der Waals surface area contributed by atoms with E-state index < -0.39 is 0 Å². The number of hydrogen-bond donors (Lipinski definition) is 0. The molecule has 0 unspecified atom stereocenters. The smallest absolute Gasteiger partial charge is 0.253 e. The Balaban J connectivity index is 1.48. The highest BCUT2D eigenvalue weighted by Gasteiger charge is 2.21. The fourth-order valence-corrected chi connectivity index (χ4v) is 3.69. The number of fused-ring (bicyclic) bond motifs is 1. The Morgan fingerprint density at radius 2 is 1.75 bits per heavy atom. The topological polar surface area (TPSA) is 60.2 Å². The van der Waals surface area contributed by atoms with Gasteiger partial charge in [0.2, 0.25) is 0 Å². The monoisotopic (exact) mass is 370 g/mol. The van der Waals surface area contributed by atoms with Gasteiger partial charge in [-0.3, -0.25) is 14.7 Å². The zero-order valence-electron chi connectivity index (χ0n) is 15.7. The van der Waals surface area contributed by atoms with Crippen molar-refractivity contribution < 1.29 is 4.79 Å². The molecule has 1 aliphatic heterocycles. The molecule has 1 saturated heterocycles. The van der Waals surface area contributed by atoms with Crippen LogP contribution in [-0.4, -0.2) is 53.4 Å². The van der Waals surface area contributed by atoms with Crippen LogP contribution in [0.25, 0.3) is 22.0 Å². The highest BCUT2D eigenvalue weighted by atomic mass is 16.2. The first-order chi connectivity index (χ1) is 13.8. The van der Waals surface area contributed by atoms with Gasteiger partial charge in [-0.05, 0) is 23.8 Å².